The molecule has 0 atom stereocenters. The first-order valence-electron chi connectivity index (χ1n) is 7.52. The number of nitrogens with two attached hydrogens (primary N) is 1. The third-order valence-electron chi connectivity index (χ3n) is 3.85. The lowest BCUT2D eigenvalue weighted by atomic mass is 9.90. The molecule has 1 aromatic carbocycles. The van der Waals surface area contributed by atoms with Crippen molar-refractivity contribution >= 4 is 33.8 Å². The molecule has 0 saturated carbocycles. The molecular formula is C16H20N4O2S. The van der Waals surface area contributed by atoms with E-state index in [1.54, 1.807) is 11.3 Å². The van der Waals surface area contributed by atoms with Gasteiger partial charge in [0.1, 0.15) is 5.54 Å². The van der Waals surface area contributed by atoms with Crippen molar-refractivity contribution in [1.29, 1.82) is 0 Å². The Labute approximate surface area is 139 Å². The normalized spacial score (nSPS) is 16.8. The molecule has 1 aliphatic heterocycles. The number of carbonyl (C=O) groups is 1. The first-order chi connectivity index (χ1) is 11.0. The van der Waals surface area contributed by atoms with E-state index in [1.165, 1.54) is 0 Å². The highest BCUT2D eigenvalue weighted by atomic mass is 32.1. The number of benzene rings is 1. The summed E-state index contributed by atoms with van der Waals surface area (Å²) in [6, 6.07) is 7.51. The summed E-state index contributed by atoms with van der Waals surface area (Å²) >= 11 is 1.56. The molecular weight excluding hydrogens is 312 g/mol. The summed E-state index contributed by atoms with van der Waals surface area (Å²) in [5.74, 6) is -0.156. The number of hydrogen-bond acceptors (Lipinski definition) is 6. The van der Waals surface area contributed by atoms with Gasteiger partial charge in [-0.25, -0.2) is 4.98 Å². The molecule has 23 heavy (non-hydrogen) atoms. The number of anilines is 3. The Balaban J connectivity index is 1.62. The largest absolute Gasteiger partial charge is 0.381 e. The number of aryl methyl sites for hydroxylation is 1. The predicted molar refractivity (Wildman–Crippen MR) is 92.2 cm³/mol. The lowest BCUT2D eigenvalue weighted by Crippen LogP contribution is -2.54. The summed E-state index contributed by atoms with van der Waals surface area (Å²) in [7, 11) is 0. The van der Waals surface area contributed by atoms with Crippen LogP contribution in [-0.2, 0) is 9.53 Å². The molecule has 2 aromatic rings. The Morgan fingerprint density at radius 3 is 2.52 bits per heavy atom. The van der Waals surface area contributed by atoms with E-state index in [0.717, 1.165) is 22.2 Å². The second-order valence-corrected chi connectivity index (χ2v) is 6.58. The van der Waals surface area contributed by atoms with Crippen molar-refractivity contribution in [3.63, 3.8) is 0 Å². The predicted octanol–water partition coefficient (Wildman–Crippen LogP) is 2.64. The highest BCUT2D eigenvalue weighted by Gasteiger charge is 2.35. The molecule has 0 spiro atoms. The van der Waals surface area contributed by atoms with E-state index in [-0.39, 0.29) is 5.91 Å². The second kappa shape index (κ2) is 6.66. The van der Waals surface area contributed by atoms with Crippen LogP contribution in [0, 0.1) is 6.92 Å². The van der Waals surface area contributed by atoms with Crippen LogP contribution in [-0.4, -0.2) is 29.6 Å². The maximum absolute atomic E-state index is 12.4. The third kappa shape index (κ3) is 3.87. The van der Waals surface area contributed by atoms with Crippen molar-refractivity contribution in [3.8, 4) is 0 Å². The average molecular weight is 332 g/mol. The standard InChI is InChI=1S/C16H20N4O2S/c1-11-10-23-15(18-11)20-13-4-2-12(3-5-13)19-14(21)16(17)6-8-22-9-7-16/h2-5,10H,6-9,17H2,1H3,(H,18,20)(H,19,21). The van der Waals surface area contributed by atoms with Crippen LogP contribution in [0.5, 0.6) is 0 Å². The summed E-state index contributed by atoms with van der Waals surface area (Å²) in [5, 5.41) is 8.96. The monoisotopic (exact) mass is 332 g/mol. The molecule has 1 fully saturated rings. The summed E-state index contributed by atoms with van der Waals surface area (Å²) in [5.41, 5.74) is 7.98. The zero-order valence-electron chi connectivity index (χ0n) is 13.0. The summed E-state index contributed by atoms with van der Waals surface area (Å²) in [6.45, 7) is 3.01. The molecule has 0 radical (unpaired) electrons. The van der Waals surface area contributed by atoms with E-state index >= 15 is 0 Å². The Morgan fingerprint density at radius 1 is 1.26 bits per heavy atom. The molecule has 2 heterocycles. The Bertz CT molecular complexity index is 678. The van der Waals surface area contributed by atoms with Gasteiger partial charge in [0.05, 0.1) is 5.69 Å². The zero-order valence-corrected chi connectivity index (χ0v) is 13.8. The molecule has 4 N–H and O–H groups in total. The van der Waals surface area contributed by atoms with Gasteiger partial charge >= 0.3 is 0 Å². The van der Waals surface area contributed by atoms with Crippen LogP contribution in [0.15, 0.2) is 29.6 Å². The number of ether oxygens (including phenoxy) is 1. The summed E-state index contributed by atoms with van der Waals surface area (Å²) < 4.78 is 5.27. The van der Waals surface area contributed by atoms with Crippen molar-refractivity contribution < 1.29 is 9.53 Å². The minimum Gasteiger partial charge on any atom is -0.381 e. The number of amides is 1. The number of thiazole rings is 1. The fourth-order valence-electron chi connectivity index (χ4n) is 2.39. The van der Waals surface area contributed by atoms with E-state index in [1.807, 2.05) is 36.6 Å². The van der Waals surface area contributed by atoms with E-state index in [0.29, 0.717) is 26.1 Å². The highest BCUT2D eigenvalue weighted by Crippen LogP contribution is 2.23. The van der Waals surface area contributed by atoms with Crippen molar-refractivity contribution in [1.82, 2.24) is 4.98 Å². The van der Waals surface area contributed by atoms with Gasteiger partial charge in [-0.3, -0.25) is 4.79 Å². The fraction of sp³-hybridized carbons (Fsp3) is 0.375. The number of rotatable bonds is 4. The van der Waals surface area contributed by atoms with Gasteiger partial charge in [0.25, 0.3) is 0 Å². The quantitative estimate of drug-likeness (QED) is 0.801. The summed E-state index contributed by atoms with van der Waals surface area (Å²) in [4.78, 5) is 16.7. The van der Waals surface area contributed by atoms with Crippen LogP contribution >= 0.6 is 11.3 Å². The van der Waals surface area contributed by atoms with Gasteiger partial charge in [-0.05, 0) is 44.0 Å². The van der Waals surface area contributed by atoms with Gasteiger partial charge in [-0.15, -0.1) is 11.3 Å². The first-order valence-corrected chi connectivity index (χ1v) is 8.40. The van der Waals surface area contributed by atoms with E-state index in [9.17, 15) is 4.79 Å². The van der Waals surface area contributed by atoms with Gasteiger partial charge in [0, 0.05) is 30.0 Å². The van der Waals surface area contributed by atoms with Crippen LogP contribution < -0.4 is 16.4 Å². The number of nitrogens with zero attached hydrogens (tertiary/aromatic N) is 1. The molecule has 1 saturated heterocycles. The molecule has 1 aromatic heterocycles. The van der Waals surface area contributed by atoms with Crippen molar-refractivity contribution in [2.45, 2.75) is 25.3 Å². The minimum absolute atomic E-state index is 0.156. The van der Waals surface area contributed by atoms with Crippen molar-refractivity contribution in [2.75, 3.05) is 23.8 Å². The maximum Gasteiger partial charge on any atom is 0.244 e. The first kappa shape index (κ1) is 15.9. The van der Waals surface area contributed by atoms with Gasteiger partial charge in [0.2, 0.25) is 5.91 Å². The molecule has 0 unspecified atom stereocenters. The van der Waals surface area contributed by atoms with Gasteiger partial charge in [-0.1, -0.05) is 0 Å². The molecule has 3 rings (SSSR count). The maximum atomic E-state index is 12.4. The molecule has 1 aliphatic rings. The number of nitrogens with one attached hydrogen (secondary N) is 2. The van der Waals surface area contributed by atoms with E-state index in [2.05, 4.69) is 15.6 Å². The SMILES string of the molecule is Cc1csc(Nc2ccc(NC(=O)C3(N)CCOCC3)cc2)n1. The van der Waals surface area contributed by atoms with Crippen LogP contribution in [0.25, 0.3) is 0 Å². The fourth-order valence-corrected chi connectivity index (χ4v) is 3.10. The van der Waals surface area contributed by atoms with Crippen LogP contribution in [0.3, 0.4) is 0 Å². The smallest absolute Gasteiger partial charge is 0.244 e. The number of carbonyl (C=O) groups excluding carboxylic acids is 1. The van der Waals surface area contributed by atoms with E-state index < -0.39 is 5.54 Å². The Hall–Kier alpha value is -1.96. The van der Waals surface area contributed by atoms with Gasteiger partial charge in [0.15, 0.2) is 5.13 Å². The Morgan fingerprint density at radius 2 is 1.91 bits per heavy atom. The molecule has 122 valence electrons. The zero-order chi connectivity index (χ0) is 16.3. The second-order valence-electron chi connectivity index (χ2n) is 5.72. The number of aromatic nitrogens is 1. The summed E-state index contributed by atoms with van der Waals surface area (Å²) in [6.07, 6.45) is 1.09. The lowest BCUT2D eigenvalue weighted by Gasteiger charge is -2.31. The van der Waals surface area contributed by atoms with Gasteiger partial charge < -0.3 is 21.1 Å². The highest BCUT2D eigenvalue weighted by molar-refractivity contribution is 7.13. The molecule has 6 nitrogen and oxygen atoms in total. The number of hydrogen-bond donors (Lipinski definition) is 3. The Kier molecular flexibility index (Phi) is 4.61. The molecule has 0 aliphatic carbocycles. The molecule has 1 amide bonds. The van der Waals surface area contributed by atoms with E-state index in [4.69, 9.17) is 10.5 Å². The minimum atomic E-state index is -0.840. The van der Waals surface area contributed by atoms with Crippen molar-refractivity contribution in [3.05, 3.63) is 35.3 Å². The van der Waals surface area contributed by atoms with Crippen LogP contribution in [0.2, 0.25) is 0 Å². The molecule has 7 heteroatoms. The van der Waals surface area contributed by atoms with Crippen molar-refractivity contribution in [2.24, 2.45) is 5.73 Å². The third-order valence-corrected chi connectivity index (χ3v) is 4.73. The van der Waals surface area contributed by atoms with Crippen LogP contribution in [0.4, 0.5) is 16.5 Å². The molecule has 0 bridgehead atoms. The van der Waals surface area contributed by atoms with Crippen LogP contribution in [0.1, 0.15) is 18.5 Å². The van der Waals surface area contributed by atoms with Gasteiger partial charge in [-0.2, -0.15) is 0 Å². The topological polar surface area (TPSA) is 89.3 Å². The lowest BCUT2D eigenvalue weighted by molar-refractivity contribution is -0.124. The average Bonchev–Trinajstić information content (AvgIpc) is 2.95.